The molecule has 1 amide bonds. The van der Waals surface area contributed by atoms with Crippen LogP contribution in [0, 0.1) is 12.7 Å². The van der Waals surface area contributed by atoms with E-state index in [1.54, 1.807) is 29.0 Å². The molecular weight excluding hydrogens is 553 g/mol. The van der Waals surface area contributed by atoms with Gasteiger partial charge in [-0.15, -0.1) is 0 Å². The van der Waals surface area contributed by atoms with Crippen molar-refractivity contribution in [3.05, 3.63) is 94.0 Å². The summed E-state index contributed by atoms with van der Waals surface area (Å²) >= 11 is 6.72. The predicted octanol–water partition coefficient (Wildman–Crippen LogP) is 6.11. The van der Waals surface area contributed by atoms with Gasteiger partial charge in [0.25, 0.3) is 5.91 Å². The second-order valence-electron chi connectivity index (χ2n) is 9.90. The van der Waals surface area contributed by atoms with Crippen molar-refractivity contribution in [2.75, 3.05) is 0 Å². The van der Waals surface area contributed by atoms with Gasteiger partial charge in [-0.05, 0) is 50.1 Å². The summed E-state index contributed by atoms with van der Waals surface area (Å²) in [4.78, 5) is 31.3. The number of aromatic nitrogens is 2. The Hall–Kier alpha value is -3.82. The van der Waals surface area contributed by atoms with Crippen LogP contribution < -0.4 is 4.72 Å². The minimum absolute atomic E-state index is 0. The first-order valence-electron chi connectivity index (χ1n) is 12.5. The van der Waals surface area contributed by atoms with Gasteiger partial charge in [0.2, 0.25) is 10.0 Å². The van der Waals surface area contributed by atoms with Gasteiger partial charge in [0.1, 0.15) is 11.5 Å². The molecule has 1 fully saturated rings. The highest BCUT2D eigenvalue weighted by Crippen LogP contribution is 2.37. The fourth-order valence-electron chi connectivity index (χ4n) is 5.00. The SMILES string of the molecule is C.Cc1ccc2c(c1)c(C1=CC=CCC1=O)c(C(=O)NS(=O)(=O)C1CC1)n2Cc1cnc2ccc(F)cc2c1Cl. The molecule has 206 valence electrons. The predicted molar refractivity (Wildman–Crippen MR) is 155 cm³/mol. The number of sulfonamides is 1. The van der Waals surface area contributed by atoms with Crippen molar-refractivity contribution < 1.29 is 22.4 Å². The Kier molecular flexibility index (Phi) is 7.14. The molecule has 40 heavy (non-hydrogen) atoms. The third-order valence-corrected chi connectivity index (χ3v) is 9.33. The van der Waals surface area contributed by atoms with Crippen molar-refractivity contribution in [1.29, 1.82) is 0 Å². The highest BCUT2D eigenvalue weighted by atomic mass is 35.5. The second-order valence-corrected chi connectivity index (χ2v) is 12.2. The number of fused-ring (bicyclic) bond motifs is 2. The molecule has 10 heteroatoms. The van der Waals surface area contributed by atoms with E-state index in [0.29, 0.717) is 51.3 Å². The van der Waals surface area contributed by atoms with Crippen LogP contribution in [0.1, 0.15) is 53.9 Å². The molecule has 1 saturated carbocycles. The number of amides is 1. The zero-order valence-corrected chi connectivity index (χ0v) is 22.4. The fourth-order valence-corrected chi connectivity index (χ4v) is 6.54. The summed E-state index contributed by atoms with van der Waals surface area (Å²) in [5, 5.41) is 0.703. The van der Waals surface area contributed by atoms with Crippen molar-refractivity contribution >= 4 is 60.7 Å². The average molecular weight is 580 g/mol. The molecular formula is C30H27ClFN3O4S. The van der Waals surface area contributed by atoms with Gasteiger partial charge < -0.3 is 4.57 Å². The van der Waals surface area contributed by atoms with Gasteiger partial charge >= 0.3 is 0 Å². The number of Topliss-reactive ketones (excluding diaryl/α,β-unsaturated/α-hetero) is 1. The van der Waals surface area contributed by atoms with E-state index in [1.807, 2.05) is 25.1 Å². The van der Waals surface area contributed by atoms with Gasteiger partial charge in [-0.2, -0.15) is 0 Å². The molecule has 6 rings (SSSR count). The Morgan fingerprint density at radius 3 is 2.67 bits per heavy atom. The van der Waals surface area contributed by atoms with Gasteiger partial charge in [0.05, 0.1) is 22.3 Å². The lowest BCUT2D eigenvalue weighted by atomic mass is 9.93. The minimum atomic E-state index is -3.88. The monoisotopic (exact) mass is 579 g/mol. The molecule has 0 aliphatic heterocycles. The van der Waals surface area contributed by atoms with Gasteiger partial charge in [-0.25, -0.2) is 17.5 Å². The first kappa shape index (κ1) is 27.7. The van der Waals surface area contributed by atoms with Crippen LogP contribution in [0.3, 0.4) is 0 Å². The molecule has 0 bridgehead atoms. The van der Waals surface area contributed by atoms with Crippen LogP contribution >= 0.6 is 11.6 Å². The van der Waals surface area contributed by atoms with E-state index >= 15 is 0 Å². The molecule has 0 radical (unpaired) electrons. The fraction of sp³-hybridized carbons (Fsp3) is 0.233. The van der Waals surface area contributed by atoms with E-state index < -0.39 is 27.0 Å². The van der Waals surface area contributed by atoms with Crippen LogP contribution in [0.4, 0.5) is 4.39 Å². The maximum absolute atomic E-state index is 14.0. The summed E-state index contributed by atoms with van der Waals surface area (Å²) in [7, 11) is -3.88. The molecule has 0 spiro atoms. The van der Waals surface area contributed by atoms with E-state index in [0.717, 1.165) is 5.56 Å². The van der Waals surface area contributed by atoms with Gasteiger partial charge in [-0.3, -0.25) is 14.6 Å². The van der Waals surface area contributed by atoms with Crippen molar-refractivity contribution in [3.8, 4) is 0 Å². The van der Waals surface area contributed by atoms with Crippen LogP contribution in [0.2, 0.25) is 5.02 Å². The van der Waals surface area contributed by atoms with Gasteiger partial charge in [0.15, 0.2) is 5.78 Å². The Labute approximate surface area is 236 Å². The Morgan fingerprint density at radius 1 is 1.18 bits per heavy atom. The molecule has 2 aromatic carbocycles. The van der Waals surface area contributed by atoms with Crippen molar-refractivity contribution in [2.24, 2.45) is 0 Å². The number of nitrogens with one attached hydrogen (secondary N) is 1. The smallest absolute Gasteiger partial charge is 0.282 e. The lowest BCUT2D eigenvalue weighted by Crippen LogP contribution is -2.35. The standard InChI is InChI=1S/C29H23ClFN3O4S.CH4/c1-16-6-11-24-22(12-16)26(20-4-2-3-5-25(20)35)28(29(36)33-39(37,38)19-8-9-19)34(24)15-17-14-32-23-10-7-18(31)13-21(23)27(17)30;/h2-4,6-7,10-14,19H,5,8-9,15H2,1H3,(H,33,36);1H4. The van der Waals surface area contributed by atoms with E-state index in [-0.39, 0.29) is 36.9 Å². The number of pyridine rings is 1. The summed E-state index contributed by atoms with van der Waals surface area (Å²) in [6, 6.07) is 9.69. The molecule has 2 aliphatic carbocycles. The van der Waals surface area contributed by atoms with Crippen LogP contribution in [0.25, 0.3) is 27.4 Å². The topological polar surface area (TPSA) is 98.1 Å². The summed E-state index contributed by atoms with van der Waals surface area (Å²) in [5.74, 6) is -1.48. The van der Waals surface area contributed by atoms with Crippen molar-refractivity contribution in [2.45, 2.75) is 45.4 Å². The summed E-state index contributed by atoms with van der Waals surface area (Å²) in [5.41, 5.74) is 3.25. The number of ketones is 1. The highest BCUT2D eigenvalue weighted by molar-refractivity contribution is 7.91. The molecule has 0 saturated heterocycles. The van der Waals surface area contributed by atoms with Gasteiger partial charge in [0, 0.05) is 45.6 Å². The maximum atomic E-state index is 14.0. The number of hydrogen-bond donors (Lipinski definition) is 1. The van der Waals surface area contributed by atoms with Crippen LogP contribution in [0.5, 0.6) is 0 Å². The number of hydrogen-bond acceptors (Lipinski definition) is 5. The molecule has 4 aromatic rings. The summed E-state index contributed by atoms with van der Waals surface area (Å²) in [6.07, 6.45) is 7.81. The molecule has 0 atom stereocenters. The first-order chi connectivity index (χ1) is 18.6. The molecule has 1 N–H and O–H groups in total. The third kappa shape index (κ3) is 4.84. The molecule has 2 aromatic heterocycles. The first-order valence-corrected chi connectivity index (χ1v) is 14.4. The average Bonchev–Trinajstić information content (AvgIpc) is 3.71. The minimum Gasteiger partial charge on any atom is -0.331 e. The zero-order valence-electron chi connectivity index (χ0n) is 20.9. The summed E-state index contributed by atoms with van der Waals surface area (Å²) in [6.45, 7) is 1.93. The van der Waals surface area contributed by atoms with E-state index in [1.165, 1.54) is 18.2 Å². The molecule has 2 aliphatic rings. The highest BCUT2D eigenvalue weighted by Gasteiger charge is 2.38. The largest absolute Gasteiger partial charge is 0.331 e. The quantitative estimate of drug-likeness (QED) is 0.297. The van der Waals surface area contributed by atoms with Crippen molar-refractivity contribution in [1.82, 2.24) is 14.3 Å². The maximum Gasteiger partial charge on any atom is 0.282 e. The number of nitrogens with zero attached hydrogens (tertiary/aromatic N) is 2. The number of rotatable bonds is 6. The number of aryl methyl sites for hydroxylation is 1. The number of halogens is 2. The normalized spacial score (nSPS) is 15.3. The lowest BCUT2D eigenvalue weighted by molar-refractivity contribution is -0.113. The molecule has 7 nitrogen and oxygen atoms in total. The molecule has 2 heterocycles. The third-order valence-electron chi connectivity index (χ3n) is 7.07. The Balaban J connectivity index is 0.00000323. The van der Waals surface area contributed by atoms with Crippen molar-refractivity contribution in [3.63, 3.8) is 0 Å². The number of allylic oxidation sites excluding steroid dienone is 4. The lowest BCUT2D eigenvalue weighted by Gasteiger charge is -2.15. The van der Waals surface area contributed by atoms with E-state index in [2.05, 4.69) is 9.71 Å². The molecule has 0 unspecified atom stereocenters. The van der Waals surface area contributed by atoms with E-state index in [9.17, 15) is 22.4 Å². The van der Waals surface area contributed by atoms with Gasteiger partial charge in [-0.1, -0.05) is 48.9 Å². The Morgan fingerprint density at radius 2 is 1.95 bits per heavy atom. The van der Waals surface area contributed by atoms with Crippen LogP contribution in [0.15, 0.2) is 60.8 Å². The zero-order chi connectivity index (χ0) is 27.5. The number of carbonyl (C=O) groups excluding carboxylic acids is 2. The second kappa shape index (κ2) is 10.3. The van der Waals surface area contributed by atoms with E-state index in [4.69, 9.17) is 11.6 Å². The van der Waals surface area contributed by atoms with Crippen LogP contribution in [-0.2, 0) is 21.4 Å². The van der Waals surface area contributed by atoms with Crippen LogP contribution in [-0.4, -0.2) is 34.9 Å². The summed E-state index contributed by atoms with van der Waals surface area (Å²) < 4.78 is 43.5. The Bertz CT molecular complexity index is 1890. The number of carbonyl (C=O) groups is 2. The number of benzene rings is 2.